The fourth-order valence-corrected chi connectivity index (χ4v) is 1.72. The van der Waals surface area contributed by atoms with Gasteiger partial charge in [-0.1, -0.05) is 17.7 Å². The normalized spacial score (nSPS) is 10.5. The predicted octanol–water partition coefficient (Wildman–Crippen LogP) is 1.93. The number of aryl methyl sites for hydroxylation is 1. The summed E-state index contributed by atoms with van der Waals surface area (Å²) in [5.41, 5.74) is 9.40. The Balaban J connectivity index is 2.70. The molecule has 3 heteroatoms. The van der Waals surface area contributed by atoms with E-state index < -0.39 is 0 Å². The summed E-state index contributed by atoms with van der Waals surface area (Å²) in [6, 6.07) is 6.39. The Hall–Kier alpha value is -1.06. The lowest BCUT2D eigenvalue weighted by Gasteiger charge is -2.22. The molecule has 0 spiro atoms. The van der Waals surface area contributed by atoms with Crippen molar-refractivity contribution in [2.75, 3.05) is 31.7 Å². The van der Waals surface area contributed by atoms with E-state index in [1.165, 1.54) is 16.8 Å². The SMILES string of the molecule is CCOCCN(C)c1ccc(C)cc1CN. The van der Waals surface area contributed by atoms with Crippen molar-refractivity contribution in [2.45, 2.75) is 20.4 Å². The van der Waals surface area contributed by atoms with Crippen LogP contribution >= 0.6 is 0 Å². The van der Waals surface area contributed by atoms with Crippen molar-refractivity contribution in [1.82, 2.24) is 0 Å². The summed E-state index contributed by atoms with van der Waals surface area (Å²) in [5, 5.41) is 0. The highest BCUT2D eigenvalue weighted by atomic mass is 16.5. The van der Waals surface area contributed by atoms with Crippen LogP contribution in [0.3, 0.4) is 0 Å². The minimum absolute atomic E-state index is 0.579. The van der Waals surface area contributed by atoms with Gasteiger partial charge in [-0.3, -0.25) is 0 Å². The fourth-order valence-electron chi connectivity index (χ4n) is 1.72. The van der Waals surface area contributed by atoms with Gasteiger partial charge >= 0.3 is 0 Å². The molecule has 0 amide bonds. The van der Waals surface area contributed by atoms with Gasteiger partial charge in [-0.05, 0) is 25.5 Å². The summed E-state index contributed by atoms with van der Waals surface area (Å²) in [7, 11) is 2.07. The first-order chi connectivity index (χ1) is 7.69. The van der Waals surface area contributed by atoms with Crippen molar-refractivity contribution in [3.8, 4) is 0 Å². The average Bonchev–Trinajstić information content (AvgIpc) is 2.29. The predicted molar refractivity (Wildman–Crippen MR) is 68.8 cm³/mol. The molecule has 1 aromatic carbocycles. The molecule has 0 aliphatic rings. The number of nitrogens with two attached hydrogens (primary N) is 1. The molecule has 0 fully saturated rings. The van der Waals surface area contributed by atoms with Crippen molar-refractivity contribution < 1.29 is 4.74 Å². The second kappa shape index (κ2) is 6.51. The van der Waals surface area contributed by atoms with E-state index in [0.717, 1.165) is 19.8 Å². The van der Waals surface area contributed by atoms with Gasteiger partial charge in [0.1, 0.15) is 0 Å². The van der Waals surface area contributed by atoms with E-state index in [1.54, 1.807) is 0 Å². The molecule has 2 N–H and O–H groups in total. The summed E-state index contributed by atoms with van der Waals surface area (Å²) in [6.45, 7) is 7.09. The van der Waals surface area contributed by atoms with Gasteiger partial charge in [0.2, 0.25) is 0 Å². The maximum atomic E-state index is 5.75. The van der Waals surface area contributed by atoms with E-state index in [0.29, 0.717) is 6.54 Å². The maximum absolute atomic E-state index is 5.75. The molecular weight excluding hydrogens is 200 g/mol. The number of nitrogens with zero attached hydrogens (tertiary/aromatic N) is 1. The number of rotatable bonds is 6. The van der Waals surface area contributed by atoms with Crippen LogP contribution in [0.4, 0.5) is 5.69 Å². The van der Waals surface area contributed by atoms with Crippen molar-refractivity contribution in [2.24, 2.45) is 5.73 Å². The van der Waals surface area contributed by atoms with E-state index >= 15 is 0 Å². The van der Waals surface area contributed by atoms with Gasteiger partial charge in [0, 0.05) is 32.4 Å². The Morgan fingerprint density at radius 3 is 2.75 bits per heavy atom. The highest BCUT2D eigenvalue weighted by Gasteiger charge is 2.06. The molecule has 0 atom stereocenters. The zero-order valence-electron chi connectivity index (χ0n) is 10.5. The van der Waals surface area contributed by atoms with E-state index in [-0.39, 0.29) is 0 Å². The molecule has 1 rings (SSSR count). The van der Waals surface area contributed by atoms with E-state index in [4.69, 9.17) is 10.5 Å². The van der Waals surface area contributed by atoms with Gasteiger partial charge < -0.3 is 15.4 Å². The first-order valence-electron chi connectivity index (χ1n) is 5.77. The molecule has 0 heterocycles. The lowest BCUT2D eigenvalue weighted by Crippen LogP contribution is -2.24. The van der Waals surface area contributed by atoms with Crippen LogP contribution in [0.15, 0.2) is 18.2 Å². The van der Waals surface area contributed by atoms with Gasteiger partial charge in [-0.25, -0.2) is 0 Å². The number of hydrogen-bond acceptors (Lipinski definition) is 3. The molecule has 3 nitrogen and oxygen atoms in total. The van der Waals surface area contributed by atoms with Gasteiger partial charge in [0.15, 0.2) is 0 Å². The molecule has 0 aromatic heterocycles. The second-order valence-corrected chi connectivity index (χ2v) is 3.95. The molecule has 0 saturated carbocycles. The lowest BCUT2D eigenvalue weighted by atomic mass is 10.1. The molecule has 16 heavy (non-hydrogen) atoms. The van der Waals surface area contributed by atoms with Crippen LogP contribution in [0.25, 0.3) is 0 Å². The average molecular weight is 222 g/mol. The van der Waals surface area contributed by atoms with E-state index in [1.807, 2.05) is 6.92 Å². The molecule has 90 valence electrons. The van der Waals surface area contributed by atoms with Crippen LogP contribution in [0.5, 0.6) is 0 Å². The van der Waals surface area contributed by atoms with Crippen molar-refractivity contribution in [3.05, 3.63) is 29.3 Å². The molecule has 0 saturated heterocycles. The fraction of sp³-hybridized carbons (Fsp3) is 0.538. The van der Waals surface area contributed by atoms with Crippen LogP contribution in [-0.4, -0.2) is 26.8 Å². The Bertz CT molecular complexity index is 326. The Kier molecular flexibility index (Phi) is 5.29. The number of benzene rings is 1. The second-order valence-electron chi connectivity index (χ2n) is 3.95. The molecule has 0 aliphatic carbocycles. The number of likely N-dealkylation sites (N-methyl/N-ethyl adjacent to an activating group) is 1. The number of anilines is 1. The Morgan fingerprint density at radius 2 is 2.12 bits per heavy atom. The Labute approximate surface area is 98.2 Å². The highest BCUT2D eigenvalue weighted by molar-refractivity contribution is 5.54. The third-order valence-corrected chi connectivity index (χ3v) is 2.64. The molecular formula is C13H22N2O. The topological polar surface area (TPSA) is 38.5 Å². The van der Waals surface area contributed by atoms with Gasteiger partial charge in [-0.15, -0.1) is 0 Å². The summed E-state index contributed by atoms with van der Waals surface area (Å²) in [6.07, 6.45) is 0. The van der Waals surface area contributed by atoms with E-state index in [2.05, 4.69) is 37.1 Å². The largest absolute Gasteiger partial charge is 0.380 e. The first-order valence-corrected chi connectivity index (χ1v) is 5.77. The number of ether oxygens (including phenoxy) is 1. The van der Waals surface area contributed by atoms with Crippen LogP contribution < -0.4 is 10.6 Å². The Morgan fingerprint density at radius 1 is 1.38 bits per heavy atom. The van der Waals surface area contributed by atoms with Crippen molar-refractivity contribution in [3.63, 3.8) is 0 Å². The molecule has 0 bridgehead atoms. The molecule has 0 aliphatic heterocycles. The zero-order valence-corrected chi connectivity index (χ0v) is 10.5. The van der Waals surface area contributed by atoms with Gasteiger partial charge in [0.25, 0.3) is 0 Å². The quantitative estimate of drug-likeness (QED) is 0.747. The monoisotopic (exact) mass is 222 g/mol. The minimum atomic E-state index is 0.579. The molecule has 1 aromatic rings. The zero-order chi connectivity index (χ0) is 12.0. The molecule has 0 unspecified atom stereocenters. The summed E-state index contributed by atoms with van der Waals surface area (Å²) in [4.78, 5) is 2.19. The smallest absolute Gasteiger partial charge is 0.0641 e. The van der Waals surface area contributed by atoms with Gasteiger partial charge in [-0.2, -0.15) is 0 Å². The minimum Gasteiger partial charge on any atom is -0.380 e. The highest BCUT2D eigenvalue weighted by Crippen LogP contribution is 2.20. The van der Waals surface area contributed by atoms with E-state index in [9.17, 15) is 0 Å². The number of hydrogen-bond donors (Lipinski definition) is 1. The third-order valence-electron chi connectivity index (χ3n) is 2.64. The van der Waals surface area contributed by atoms with Crippen LogP contribution in [0, 0.1) is 6.92 Å². The van der Waals surface area contributed by atoms with Crippen LogP contribution in [-0.2, 0) is 11.3 Å². The van der Waals surface area contributed by atoms with Gasteiger partial charge in [0.05, 0.1) is 6.61 Å². The lowest BCUT2D eigenvalue weighted by molar-refractivity contribution is 0.154. The van der Waals surface area contributed by atoms with Crippen LogP contribution in [0.2, 0.25) is 0 Å². The van der Waals surface area contributed by atoms with Crippen molar-refractivity contribution >= 4 is 5.69 Å². The van der Waals surface area contributed by atoms with Crippen molar-refractivity contribution in [1.29, 1.82) is 0 Å². The summed E-state index contributed by atoms with van der Waals surface area (Å²) >= 11 is 0. The van der Waals surface area contributed by atoms with Crippen LogP contribution in [0.1, 0.15) is 18.1 Å². The standard InChI is InChI=1S/C13H22N2O/c1-4-16-8-7-15(3)13-6-5-11(2)9-12(13)10-14/h5-6,9H,4,7-8,10,14H2,1-3H3. The maximum Gasteiger partial charge on any atom is 0.0641 e. The first kappa shape index (κ1) is 13.0. The summed E-state index contributed by atoms with van der Waals surface area (Å²) in [5.74, 6) is 0. The molecule has 0 radical (unpaired) electrons. The third kappa shape index (κ3) is 3.51. The summed E-state index contributed by atoms with van der Waals surface area (Å²) < 4.78 is 5.35.